The third-order valence-electron chi connectivity index (χ3n) is 2.39. The number of aliphatic carboxylic acids is 1. The van der Waals surface area contributed by atoms with E-state index in [0.717, 1.165) is 38.9 Å². The Morgan fingerprint density at radius 1 is 1.67 bits per heavy atom. The van der Waals surface area contributed by atoms with Crippen LogP contribution in [0.3, 0.4) is 0 Å². The molecule has 0 unspecified atom stereocenters. The van der Waals surface area contributed by atoms with Gasteiger partial charge in [0.2, 0.25) is 0 Å². The number of likely N-dealkylation sites (tertiary alicyclic amines) is 1. The molecule has 0 aromatic heterocycles. The molecule has 3 heteroatoms. The molecule has 1 heterocycles. The smallest absolute Gasteiger partial charge is 0.307 e. The fourth-order valence-electron chi connectivity index (χ4n) is 1.78. The molecule has 1 N–H and O–H groups in total. The molecule has 0 bridgehead atoms. The largest absolute Gasteiger partial charge is 0.481 e. The quantitative estimate of drug-likeness (QED) is 0.693. The van der Waals surface area contributed by atoms with Crippen LogP contribution >= 0.6 is 0 Å². The monoisotopic (exact) mass is 171 g/mol. The van der Waals surface area contributed by atoms with E-state index >= 15 is 0 Å². The van der Waals surface area contributed by atoms with Gasteiger partial charge in [-0.2, -0.15) is 0 Å². The second-order valence-corrected chi connectivity index (χ2v) is 3.48. The van der Waals surface area contributed by atoms with Gasteiger partial charge in [-0.1, -0.05) is 6.92 Å². The summed E-state index contributed by atoms with van der Waals surface area (Å²) in [6.07, 6.45) is 3.01. The Balaban J connectivity index is 2.35. The lowest BCUT2D eigenvalue weighted by Crippen LogP contribution is -2.38. The fourth-order valence-corrected chi connectivity index (χ4v) is 1.78. The van der Waals surface area contributed by atoms with Crippen LogP contribution < -0.4 is 0 Å². The third-order valence-corrected chi connectivity index (χ3v) is 2.39. The van der Waals surface area contributed by atoms with Gasteiger partial charge in [-0.25, -0.2) is 0 Å². The van der Waals surface area contributed by atoms with Crippen LogP contribution in [0, 0.1) is 5.92 Å². The molecule has 3 nitrogen and oxygen atoms in total. The highest BCUT2D eigenvalue weighted by Crippen LogP contribution is 2.16. The average molecular weight is 171 g/mol. The van der Waals surface area contributed by atoms with Gasteiger partial charge in [0, 0.05) is 6.54 Å². The summed E-state index contributed by atoms with van der Waals surface area (Å²) in [5, 5.41) is 8.80. The first kappa shape index (κ1) is 9.52. The summed E-state index contributed by atoms with van der Waals surface area (Å²) in [7, 11) is 0. The molecular formula is C9H17NO2. The van der Waals surface area contributed by atoms with E-state index in [-0.39, 0.29) is 5.92 Å². The zero-order valence-corrected chi connectivity index (χ0v) is 7.62. The summed E-state index contributed by atoms with van der Waals surface area (Å²) in [6, 6.07) is 0. The van der Waals surface area contributed by atoms with Crippen molar-refractivity contribution in [1.29, 1.82) is 0 Å². The van der Waals surface area contributed by atoms with Crippen molar-refractivity contribution in [2.24, 2.45) is 5.92 Å². The lowest BCUT2D eigenvalue weighted by molar-refractivity contribution is -0.143. The zero-order chi connectivity index (χ0) is 8.97. The molecule has 0 aromatic carbocycles. The number of carboxylic acids is 1. The van der Waals surface area contributed by atoms with Crippen LogP contribution in [0.1, 0.15) is 26.2 Å². The highest BCUT2D eigenvalue weighted by atomic mass is 16.4. The number of rotatable bonds is 3. The van der Waals surface area contributed by atoms with Crippen molar-refractivity contribution in [1.82, 2.24) is 4.90 Å². The summed E-state index contributed by atoms with van der Waals surface area (Å²) >= 11 is 0. The Kier molecular flexibility index (Phi) is 3.53. The van der Waals surface area contributed by atoms with Gasteiger partial charge in [0.1, 0.15) is 0 Å². The predicted octanol–water partition coefficient (Wildman–Crippen LogP) is 1.19. The molecule has 0 aromatic rings. The van der Waals surface area contributed by atoms with Crippen molar-refractivity contribution < 1.29 is 9.90 Å². The van der Waals surface area contributed by atoms with Crippen LogP contribution in [0.4, 0.5) is 0 Å². The summed E-state index contributed by atoms with van der Waals surface area (Å²) in [5.41, 5.74) is 0. The van der Waals surface area contributed by atoms with Gasteiger partial charge in [-0.15, -0.1) is 0 Å². The molecule has 12 heavy (non-hydrogen) atoms. The van der Waals surface area contributed by atoms with Crippen molar-refractivity contribution in [3.8, 4) is 0 Å². The van der Waals surface area contributed by atoms with Crippen molar-refractivity contribution in [3.63, 3.8) is 0 Å². The van der Waals surface area contributed by atoms with Crippen LogP contribution in [0.2, 0.25) is 0 Å². The number of carboxylic acid groups (broad SMARTS) is 1. The lowest BCUT2D eigenvalue weighted by Gasteiger charge is -2.30. The molecule has 1 atom stereocenters. The van der Waals surface area contributed by atoms with Crippen LogP contribution in [0.15, 0.2) is 0 Å². The molecule has 0 saturated carbocycles. The molecule has 1 aliphatic heterocycles. The maximum absolute atomic E-state index is 10.7. The minimum Gasteiger partial charge on any atom is -0.481 e. The van der Waals surface area contributed by atoms with Crippen LogP contribution in [-0.4, -0.2) is 35.6 Å². The number of hydrogen-bond acceptors (Lipinski definition) is 2. The Bertz CT molecular complexity index is 157. The molecule has 0 aliphatic carbocycles. The van der Waals surface area contributed by atoms with Crippen molar-refractivity contribution in [3.05, 3.63) is 0 Å². The molecule has 1 fully saturated rings. The van der Waals surface area contributed by atoms with E-state index in [9.17, 15) is 4.79 Å². The third kappa shape index (κ3) is 2.48. The minimum atomic E-state index is -0.629. The molecule has 0 radical (unpaired) electrons. The SMILES string of the molecule is CCCN1CCC[C@@H](C(=O)O)C1. The van der Waals surface area contributed by atoms with Crippen LogP contribution in [0.25, 0.3) is 0 Å². The topological polar surface area (TPSA) is 40.5 Å². The van der Waals surface area contributed by atoms with E-state index in [1.807, 2.05) is 0 Å². The first-order valence-corrected chi connectivity index (χ1v) is 4.69. The number of hydrogen-bond donors (Lipinski definition) is 1. The Hall–Kier alpha value is -0.570. The van der Waals surface area contributed by atoms with Gasteiger partial charge in [-0.3, -0.25) is 4.79 Å². The van der Waals surface area contributed by atoms with E-state index in [1.54, 1.807) is 0 Å². The molecule has 0 spiro atoms. The van der Waals surface area contributed by atoms with Gasteiger partial charge in [0.25, 0.3) is 0 Å². The molecule has 1 aliphatic rings. The fraction of sp³-hybridized carbons (Fsp3) is 0.889. The Morgan fingerprint density at radius 2 is 2.42 bits per heavy atom. The second kappa shape index (κ2) is 4.45. The minimum absolute atomic E-state index is 0.120. The molecular weight excluding hydrogens is 154 g/mol. The Labute approximate surface area is 73.4 Å². The average Bonchev–Trinajstić information content (AvgIpc) is 2.05. The molecule has 1 saturated heterocycles. The summed E-state index contributed by atoms with van der Waals surface area (Å²) in [5.74, 6) is -0.749. The molecule has 70 valence electrons. The van der Waals surface area contributed by atoms with Crippen molar-refractivity contribution in [2.45, 2.75) is 26.2 Å². The highest BCUT2D eigenvalue weighted by molar-refractivity contribution is 5.70. The normalized spacial score (nSPS) is 25.6. The van der Waals surface area contributed by atoms with Gasteiger partial charge in [-0.05, 0) is 32.4 Å². The molecule has 1 rings (SSSR count). The van der Waals surface area contributed by atoms with Gasteiger partial charge >= 0.3 is 5.97 Å². The number of nitrogens with zero attached hydrogens (tertiary/aromatic N) is 1. The van der Waals surface area contributed by atoms with Gasteiger partial charge < -0.3 is 10.0 Å². The van der Waals surface area contributed by atoms with Crippen molar-refractivity contribution in [2.75, 3.05) is 19.6 Å². The standard InChI is InChI=1S/C9H17NO2/c1-2-5-10-6-3-4-8(7-10)9(11)12/h8H,2-7H2,1H3,(H,11,12)/t8-/m1/s1. The maximum atomic E-state index is 10.7. The Morgan fingerprint density at radius 3 is 3.00 bits per heavy atom. The molecule has 0 amide bonds. The van der Waals surface area contributed by atoms with Crippen LogP contribution in [-0.2, 0) is 4.79 Å². The first-order chi connectivity index (χ1) is 5.74. The second-order valence-electron chi connectivity index (χ2n) is 3.48. The van der Waals surface area contributed by atoms with Gasteiger partial charge in [0.15, 0.2) is 0 Å². The van der Waals surface area contributed by atoms with Crippen LogP contribution in [0.5, 0.6) is 0 Å². The zero-order valence-electron chi connectivity index (χ0n) is 7.62. The van der Waals surface area contributed by atoms with E-state index in [0.29, 0.717) is 0 Å². The van der Waals surface area contributed by atoms with E-state index < -0.39 is 5.97 Å². The summed E-state index contributed by atoms with van der Waals surface area (Å²) < 4.78 is 0. The first-order valence-electron chi connectivity index (χ1n) is 4.69. The van der Waals surface area contributed by atoms with E-state index in [4.69, 9.17) is 5.11 Å². The predicted molar refractivity (Wildman–Crippen MR) is 47.1 cm³/mol. The number of carbonyl (C=O) groups is 1. The summed E-state index contributed by atoms with van der Waals surface area (Å²) in [4.78, 5) is 12.9. The van der Waals surface area contributed by atoms with Crippen molar-refractivity contribution >= 4 is 5.97 Å². The summed E-state index contributed by atoms with van der Waals surface area (Å²) in [6.45, 7) is 5.01. The highest BCUT2D eigenvalue weighted by Gasteiger charge is 2.24. The van der Waals surface area contributed by atoms with E-state index in [1.165, 1.54) is 0 Å². The lowest BCUT2D eigenvalue weighted by atomic mass is 9.98. The maximum Gasteiger partial charge on any atom is 0.307 e. The van der Waals surface area contributed by atoms with Gasteiger partial charge in [0.05, 0.1) is 5.92 Å². The number of piperidine rings is 1. The van der Waals surface area contributed by atoms with E-state index in [2.05, 4.69) is 11.8 Å².